The van der Waals surface area contributed by atoms with Crippen LogP contribution in [0.5, 0.6) is 0 Å². The van der Waals surface area contributed by atoms with Crippen molar-refractivity contribution in [2.45, 2.75) is 26.2 Å². The fourth-order valence-electron chi connectivity index (χ4n) is 2.01. The van der Waals surface area contributed by atoms with Gasteiger partial charge in [0.15, 0.2) is 0 Å². The van der Waals surface area contributed by atoms with Crippen LogP contribution in [0.1, 0.15) is 45.9 Å². The third-order valence-electron chi connectivity index (χ3n) is 2.91. The molecular formula is C11H14N2O4. The number of carbonyl (C=O) groups is 2. The van der Waals surface area contributed by atoms with Crippen molar-refractivity contribution >= 4 is 11.9 Å². The molecule has 0 radical (unpaired) electrons. The molecule has 1 aromatic rings. The molecule has 0 aromatic carbocycles. The van der Waals surface area contributed by atoms with Crippen LogP contribution in [-0.4, -0.2) is 40.1 Å². The number of piperidine rings is 1. The molecule has 1 aliphatic heterocycles. The lowest BCUT2D eigenvalue weighted by Crippen LogP contribution is -2.36. The first kappa shape index (κ1) is 11.6. The molecule has 2 heterocycles. The molecule has 0 saturated carbocycles. The van der Waals surface area contributed by atoms with Gasteiger partial charge >= 0.3 is 5.97 Å². The van der Waals surface area contributed by atoms with Crippen LogP contribution in [0.3, 0.4) is 0 Å². The summed E-state index contributed by atoms with van der Waals surface area (Å²) in [5, 5.41) is 12.6. The molecule has 0 unspecified atom stereocenters. The molecule has 1 saturated heterocycles. The predicted molar refractivity (Wildman–Crippen MR) is 58.0 cm³/mol. The van der Waals surface area contributed by atoms with E-state index >= 15 is 0 Å². The molecule has 17 heavy (non-hydrogen) atoms. The number of likely N-dealkylation sites (tertiary alicyclic amines) is 1. The van der Waals surface area contributed by atoms with Crippen molar-refractivity contribution in [3.05, 3.63) is 17.0 Å². The van der Waals surface area contributed by atoms with Crippen molar-refractivity contribution in [2.24, 2.45) is 0 Å². The Hall–Kier alpha value is -1.85. The maximum atomic E-state index is 12.1. The van der Waals surface area contributed by atoms with Gasteiger partial charge in [0.05, 0.1) is 5.69 Å². The Balaban J connectivity index is 2.27. The molecule has 0 aliphatic carbocycles. The first-order valence-electron chi connectivity index (χ1n) is 5.60. The summed E-state index contributed by atoms with van der Waals surface area (Å²) in [7, 11) is 0. The minimum Gasteiger partial charge on any atom is -0.477 e. The minimum absolute atomic E-state index is 0.124. The number of aromatic nitrogens is 1. The second-order valence-corrected chi connectivity index (χ2v) is 4.13. The van der Waals surface area contributed by atoms with Crippen molar-refractivity contribution in [2.75, 3.05) is 13.1 Å². The second kappa shape index (κ2) is 4.57. The van der Waals surface area contributed by atoms with E-state index < -0.39 is 5.97 Å². The van der Waals surface area contributed by atoms with E-state index in [2.05, 4.69) is 5.16 Å². The Morgan fingerprint density at radius 2 is 1.94 bits per heavy atom. The summed E-state index contributed by atoms with van der Waals surface area (Å²) >= 11 is 0. The van der Waals surface area contributed by atoms with Gasteiger partial charge in [-0.1, -0.05) is 5.16 Å². The topological polar surface area (TPSA) is 83.6 Å². The third kappa shape index (κ3) is 2.15. The van der Waals surface area contributed by atoms with Crippen LogP contribution >= 0.6 is 0 Å². The quantitative estimate of drug-likeness (QED) is 0.839. The molecule has 6 heteroatoms. The zero-order chi connectivity index (χ0) is 12.4. The van der Waals surface area contributed by atoms with Gasteiger partial charge in [0.1, 0.15) is 5.56 Å². The van der Waals surface area contributed by atoms with E-state index in [4.69, 9.17) is 9.63 Å². The molecule has 92 valence electrons. The van der Waals surface area contributed by atoms with Gasteiger partial charge in [0.2, 0.25) is 5.76 Å². The number of rotatable bonds is 2. The summed E-state index contributed by atoms with van der Waals surface area (Å²) in [4.78, 5) is 24.7. The first-order chi connectivity index (χ1) is 8.11. The van der Waals surface area contributed by atoms with Gasteiger partial charge in [-0.25, -0.2) is 4.79 Å². The van der Waals surface area contributed by atoms with Gasteiger partial charge in [0, 0.05) is 13.1 Å². The molecule has 0 atom stereocenters. The van der Waals surface area contributed by atoms with Gasteiger partial charge in [-0.2, -0.15) is 0 Å². The Bertz CT molecular complexity index is 446. The summed E-state index contributed by atoms with van der Waals surface area (Å²) < 4.78 is 4.85. The Kier molecular flexibility index (Phi) is 3.12. The van der Waals surface area contributed by atoms with Crippen molar-refractivity contribution in [3.63, 3.8) is 0 Å². The average molecular weight is 238 g/mol. The number of hydrogen-bond acceptors (Lipinski definition) is 4. The lowest BCUT2D eigenvalue weighted by molar-refractivity contribution is 0.0641. The van der Waals surface area contributed by atoms with Crippen LogP contribution in [0.25, 0.3) is 0 Å². The highest BCUT2D eigenvalue weighted by molar-refractivity contribution is 6.03. The molecule has 1 amide bonds. The molecular weight excluding hydrogens is 224 g/mol. The monoisotopic (exact) mass is 238 g/mol. The lowest BCUT2D eigenvalue weighted by atomic mass is 10.1. The molecule has 2 rings (SSSR count). The molecule has 0 bridgehead atoms. The molecule has 1 aliphatic rings. The Morgan fingerprint density at radius 1 is 1.29 bits per heavy atom. The number of aryl methyl sites for hydroxylation is 1. The minimum atomic E-state index is -1.18. The molecule has 0 spiro atoms. The Labute approximate surface area is 98.2 Å². The summed E-state index contributed by atoms with van der Waals surface area (Å²) in [5.74, 6) is -1.70. The number of aromatic carboxylic acids is 1. The zero-order valence-corrected chi connectivity index (χ0v) is 9.60. The number of amides is 1. The Morgan fingerprint density at radius 3 is 2.53 bits per heavy atom. The number of carboxylic acid groups (broad SMARTS) is 1. The van der Waals surface area contributed by atoms with Crippen LogP contribution in [-0.2, 0) is 0 Å². The number of carbonyl (C=O) groups excluding carboxylic acids is 1. The van der Waals surface area contributed by atoms with E-state index in [1.54, 1.807) is 4.90 Å². The highest BCUT2D eigenvalue weighted by atomic mass is 16.5. The fourth-order valence-corrected chi connectivity index (χ4v) is 2.01. The smallest absolute Gasteiger partial charge is 0.341 e. The van der Waals surface area contributed by atoms with Crippen molar-refractivity contribution < 1.29 is 19.2 Å². The van der Waals surface area contributed by atoms with Crippen molar-refractivity contribution in [1.29, 1.82) is 0 Å². The van der Waals surface area contributed by atoms with Crippen LogP contribution in [0.15, 0.2) is 4.52 Å². The van der Waals surface area contributed by atoms with Gasteiger partial charge in [-0.05, 0) is 26.2 Å². The van der Waals surface area contributed by atoms with Gasteiger partial charge in [-0.3, -0.25) is 4.79 Å². The largest absolute Gasteiger partial charge is 0.477 e. The summed E-state index contributed by atoms with van der Waals surface area (Å²) in [6, 6.07) is 0. The van der Waals surface area contributed by atoms with Crippen molar-refractivity contribution in [1.82, 2.24) is 10.1 Å². The maximum absolute atomic E-state index is 12.1. The molecule has 1 aromatic heterocycles. The van der Waals surface area contributed by atoms with E-state index in [1.165, 1.54) is 6.92 Å². The predicted octanol–water partition coefficient (Wildman–Crippen LogP) is 1.31. The molecule has 1 N–H and O–H groups in total. The van der Waals surface area contributed by atoms with E-state index in [0.717, 1.165) is 19.3 Å². The summed E-state index contributed by atoms with van der Waals surface area (Å²) in [6.45, 7) is 2.81. The van der Waals surface area contributed by atoms with E-state index in [0.29, 0.717) is 13.1 Å². The van der Waals surface area contributed by atoms with E-state index in [9.17, 15) is 9.59 Å². The number of carboxylic acids is 1. The first-order valence-corrected chi connectivity index (χ1v) is 5.60. The van der Waals surface area contributed by atoms with Crippen molar-refractivity contribution in [3.8, 4) is 0 Å². The lowest BCUT2D eigenvalue weighted by Gasteiger charge is -2.25. The van der Waals surface area contributed by atoms with E-state index in [-0.39, 0.29) is 22.9 Å². The maximum Gasteiger partial charge on any atom is 0.341 e. The fraction of sp³-hybridized carbons (Fsp3) is 0.545. The number of hydrogen-bond donors (Lipinski definition) is 1. The van der Waals surface area contributed by atoms with E-state index in [1.807, 2.05) is 0 Å². The molecule has 6 nitrogen and oxygen atoms in total. The zero-order valence-electron chi connectivity index (χ0n) is 9.60. The second-order valence-electron chi connectivity index (χ2n) is 4.13. The van der Waals surface area contributed by atoms with Crippen LogP contribution in [0.4, 0.5) is 0 Å². The highest BCUT2D eigenvalue weighted by Gasteiger charge is 2.29. The third-order valence-corrected chi connectivity index (χ3v) is 2.91. The summed E-state index contributed by atoms with van der Waals surface area (Å²) in [5.41, 5.74) is 0.110. The molecule has 1 fully saturated rings. The van der Waals surface area contributed by atoms with Crippen LogP contribution < -0.4 is 0 Å². The highest BCUT2D eigenvalue weighted by Crippen LogP contribution is 2.18. The van der Waals surface area contributed by atoms with Gasteiger partial charge < -0.3 is 14.5 Å². The summed E-state index contributed by atoms with van der Waals surface area (Å²) in [6.07, 6.45) is 2.99. The SMILES string of the molecule is Cc1noc(C(=O)N2CCCCC2)c1C(=O)O. The van der Waals surface area contributed by atoms with Crippen LogP contribution in [0, 0.1) is 6.92 Å². The van der Waals surface area contributed by atoms with Gasteiger partial charge in [0.25, 0.3) is 5.91 Å². The average Bonchev–Trinajstić information content (AvgIpc) is 2.71. The number of nitrogens with zero attached hydrogens (tertiary/aromatic N) is 2. The standard InChI is InChI=1S/C11H14N2O4/c1-7-8(11(15)16)9(17-12-7)10(14)13-5-3-2-4-6-13/h2-6H2,1H3,(H,15,16). The normalized spacial score (nSPS) is 15.9. The van der Waals surface area contributed by atoms with Crippen LogP contribution in [0.2, 0.25) is 0 Å². The van der Waals surface area contributed by atoms with Gasteiger partial charge in [-0.15, -0.1) is 0 Å².